The second kappa shape index (κ2) is 52.6. The fourth-order valence-electron chi connectivity index (χ4n) is 8.88. The molecule has 10 nitrogen and oxygen atoms in total. The fraction of sp³-hybridized carbons (Fsp3) is 0.667. The maximum absolute atomic E-state index is 4.80. The molecule has 0 fully saturated rings. The van der Waals surface area contributed by atoms with Crippen LogP contribution >= 0.6 is 118 Å². The minimum Gasteiger partial charge on any atom is -0.233 e. The maximum Gasteiger partial charge on any atom is 0.0619 e. The van der Waals surface area contributed by atoms with E-state index in [2.05, 4.69) is 201 Å². The molecule has 0 aliphatic rings. The van der Waals surface area contributed by atoms with Gasteiger partial charge in [-0.1, -0.05) is 60.8 Å². The van der Waals surface area contributed by atoms with E-state index >= 15 is 0 Å². The lowest BCUT2D eigenvalue weighted by Gasteiger charge is -2.62. The van der Waals surface area contributed by atoms with Gasteiger partial charge in [0.2, 0.25) is 0 Å². The molecule has 0 aliphatic heterocycles. The molecule has 0 saturated heterocycles. The third-order valence-electron chi connectivity index (χ3n) is 13.4. The monoisotopic (exact) mass is 1290 g/mol. The van der Waals surface area contributed by atoms with E-state index in [9.17, 15) is 0 Å². The molecule has 462 valence electrons. The highest BCUT2D eigenvalue weighted by molar-refractivity contribution is 8.00. The summed E-state index contributed by atoms with van der Waals surface area (Å²) in [6.07, 6.45) is 51.6. The van der Waals surface area contributed by atoms with Gasteiger partial charge in [0.05, 0.1) is 48.3 Å². The quantitative estimate of drug-likeness (QED) is 0.0448. The SMILES string of the molecule is C=C[C@H](CCSC)NN([C@H](C=C)CCSC)N([C@H](C=C)CCSC)N([C@H](C=C)CCSC)N([C@H](C=C)CCSC)N([C@H](C=C)CCSC)N([C@H](C=C)CCSC)N([C@H](C=C)CCSC)N(N[C@H](C=C)CCSC)[C@H](C=C)CCSC. The maximum atomic E-state index is 4.80. The minimum absolute atomic E-state index is 0.0594. The van der Waals surface area contributed by atoms with E-state index in [1.165, 1.54) is 0 Å². The molecule has 0 unspecified atom stereocenters. The third kappa shape index (κ3) is 28.6. The van der Waals surface area contributed by atoms with Gasteiger partial charge in [0.15, 0.2) is 0 Å². The first-order valence-corrected chi connectivity index (χ1v) is 41.9. The summed E-state index contributed by atoms with van der Waals surface area (Å²) in [5, 5.41) is 20.1. The average molecular weight is 1290 g/mol. The molecule has 2 N–H and O–H groups in total. The highest BCUT2D eigenvalue weighted by Gasteiger charge is 2.49. The van der Waals surface area contributed by atoms with E-state index in [4.69, 9.17) is 39.5 Å². The van der Waals surface area contributed by atoms with Crippen molar-refractivity contribution in [2.45, 2.75) is 125 Å². The summed E-state index contributed by atoms with van der Waals surface area (Å²) >= 11 is 18.6. The fourth-order valence-corrected chi connectivity index (χ4v) is 13.7. The van der Waals surface area contributed by atoms with E-state index in [1.807, 2.05) is 118 Å². The zero-order chi connectivity index (χ0) is 60.1. The first kappa shape index (κ1) is 80.5. The molecule has 0 spiro atoms. The van der Waals surface area contributed by atoms with Crippen LogP contribution < -0.4 is 10.9 Å². The van der Waals surface area contributed by atoms with Gasteiger partial charge in [0.1, 0.15) is 0 Å². The number of rotatable bonds is 59. The van der Waals surface area contributed by atoms with Crippen LogP contribution in [0.4, 0.5) is 0 Å². The van der Waals surface area contributed by atoms with Crippen LogP contribution in [0.25, 0.3) is 0 Å². The molecule has 0 aliphatic carbocycles. The number of hydrogen-bond acceptors (Lipinski definition) is 20. The molecule has 0 saturated carbocycles. The summed E-state index contributed by atoms with van der Waals surface area (Å²) in [6, 6.07) is -1.88. The van der Waals surface area contributed by atoms with Crippen molar-refractivity contribution in [3.8, 4) is 0 Å². The summed E-state index contributed by atoms with van der Waals surface area (Å²) in [6.45, 7) is 46.7. The molecule has 0 heterocycles. The van der Waals surface area contributed by atoms with Crippen molar-refractivity contribution < 1.29 is 0 Å². The predicted octanol–water partition coefficient (Wildman–Crippen LogP) is 14.9. The smallest absolute Gasteiger partial charge is 0.0619 e. The Kier molecular flexibility index (Phi) is 52.9. The molecule has 20 heteroatoms. The van der Waals surface area contributed by atoms with Crippen molar-refractivity contribution in [1.82, 2.24) is 51.8 Å². The van der Waals surface area contributed by atoms with E-state index in [-0.39, 0.29) is 60.4 Å². The average Bonchev–Trinajstić information content (AvgIpc) is 3.48. The predicted molar refractivity (Wildman–Crippen MR) is 391 cm³/mol. The Labute approximate surface area is 536 Å². The van der Waals surface area contributed by atoms with Crippen molar-refractivity contribution >= 4 is 118 Å². The van der Waals surface area contributed by atoms with Gasteiger partial charge in [-0.3, -0.25) is 0 Å². The van der Waals surface area contributed by atoms with Crippen LogP contribution in [-0.2, 0) is 0 Å². The van der Waals surface area contributed by atoms with Gasteiger partial charge < -0.3 is 0 Å². The first-order valence-electron chi connectivity index (χ1n) is 28.0. The van der Waals surface area contributed by atoms with Gasteiger partial charge >= 0.3 is 0 Å². The number of hydrazine groups is 9. The highest BCUT2D eigenvalue weighted by Crippen LogP contribution is 2.36. The van der Waals surface area contributed by atoms with Gasteiger partial charge in [-0.25, -0.2) is 10.9 Å². The number of nitrogens with zero attached hydrogens (tertiary/aromatic N) is 8. The van der Waals surface area contributed by atoms with Crippen LogP contribution in [0.2, 0.25) is 0 Å². The van der Waals surface area contributed by atoms with E-state index in [0.29, 0.717) is 0 Å². The molecular weight excluding hydrogens is 1180 g/mol. The Morgan fingerprint density at radius 3 is 0.575 bits per heavy atom. The highest BCUT2D eigenvalue weighted by atomic mass is 32.2. The summed E-state index contributed by atoms with van der Waals surface area (Å²) in [5.74, 6) is 9.19. The van der Waals surface area contributed by atoms with Gasteiger partial charge in [-0.2, -0.15) is 128 Å². The molecule has 0 aromatic rings. The first-order chi connectivity index (χ1) is 38.9. The Bertz CT molecular complexity index is 1540. The molecule has 0 aromatic heterocycles. The molecule has 0 aromatic carbocycles. The number of nitrogens with one attached hydrogen (secondary N) is 2. The van der Waals surface area contributed by atoms with Crippen molar-refractivity contribution in [2.24, 2.45) is 0 Å². The topological polar surface area (TPSA) is 50.0 Å². The zero-order valence-electron chi connectivity index (χ0n) is 51.4. The van der Waals surface area contributed by atoms with Gasteiger partial charge in [-0.15, -0.1) is 96.5 Å². The second-order valence-electron chi connectivity index (χ2n) is 18.8. The van der Waals surface area contributed by atoms with Crippen LogP contribution in [0.15, 0.2) is 127 Å². The molecule has 0 rings (SSSR count). The van der Waals surface area contributed by atoms with Gasteiger partial charge in [0.25, 0.3) is 0 Å². The zero-order valence-corrected chi connectivity index (χ0v) is 59.6. The number of hydrogen-bond donors (Lipinski definition) is 2. The lowest BCUT2D eigenvalue weighted by atomic mass is 10.1. The van der Waals surface area contributed by atoms with E-state index in [0.717, 1.165) is 122 Å². The Morgan fingerprint density at radius 1 is 0.237 bits per heavy atom. The lowest BCUT2D eigenvalue weighted by Crippen LogP contribution is -2.80. The minimum atomic E-state index is -0.273. The molecular formula is C60H112N10S10. The van der Waals surface area contributed by atoms with E-state index in [1.54, 1.807) is 0 Å². The standard InChI is InChI=1S/C60H112N10S10/c1-21-51(31-41-71-11)61-63(53(23-3)33-43-73-13)65(55(25-5)35-45-75-15)67(57(27-7)37-47-77-17)69(59(29-9)39-49-79-19)70(60(30-10)40-50-80-20)68(58(28-8)38-48-78-18)66(56(26-6)36-46-76-16)64(54(24-4)34-44-74-14)62-52(22-2)32-42-72-12/h21-30,51-62H,1-10,31-50H2,11-20H3/t51-,52-,53-,54-,55-,56-,57-,58-,59-,60-/m1/s1. The molecule has 0 amide bonds. The van der Waals surface area contributed by atoms with Crippen LogP contribution in [0.1, 0.15) is 64.2 Å². The summed E-state index contributed by atoms with van der Waals surface area (Å²) in [5.41, 5.74) is 8.32. The van der Waals surface area contributed by atoms with Gasteiger partial charge in [-0.05, 0) is 184 Å². The molecule has 80 heavy (non-hydrogen) atoms. The van der Waals surface area contributed by atoms with Crippen LogP contribution in [0, 0.1) is 0 Å². The normalized spacial score (nSPS) is 15.9. The second-order valence-corrected chi connectivity index (χ2v) is 28.6. The summed E-state index contributed by atoms with van der Waals surface area (Å²) in [7, 11) is 0. The Balaban J connectivity index is 10.8. The third-order valence-corrected chi connectivity index (χ3v) is 19.9. The summed E-state index contributed by atoms with van der Waals surface area (Å²) in [4.78, 5) is 0. The van der Waals surface area contributed by atoms with Crippen molar-refractivity contribution in [2.75, 3.05) is 120 Å². The largest absolute Gasteiger partial charge is 0.233 e. The van der Waals surface area contributed by atoms with Crippen molar-refractivity contribution in [3.05, 3.63) is 127 Å². The van der Waals surface area contributed by atoms with Gasteiger partial charge in [0, 0.05) is 12.1 Å². The molecule has 0 bridgehead atoms. The van der Waals surface area contributed by atoms with Crippen LogP contribution in [-0.4, -0.2) is 221 Å². The lowest BCUT2D eigenvalue weighted by molar-refractivity contribution is -0.462. The van der Waals surface area contributed by atoms with Crippen molar-refractivity contribution in [1.29, 1.82) is 0 Å². The Hall–Kier alpha value is 0.500. The molecule has 0 radical (unpaired) electrons. The van der Waals surface area contributed by atoms with Crippen LogP contribution in [0.5, 0.6) is 0 Å². The summed E-state index contributed by atoms with van der Waals surface area (Å²) < 4.78 is 0. The van der Waals surface area contributed by atoms with E-state index < -0.39 is 0 Å². The van der Waals surface area contributed by atoms with Crippen molar-refractivity contribution in [3.63, 3.8) is 0 Å². The molecule has 10 atom stereocenters. The van der Waals surface area contributed by atoms with Crippen LogP contribution in [0.3, 0.4) is 0 Å². The number of thioether (sulfide) groups is 10. The Morgan fingerprint density at radius 2 is 0.400 bits per heavy atom.